The number of aliphatic carboxylic acids is 1. The summed E-state index contributed by atoms with van der Waals surface area (Å²) in [4.78, 5) is 33.8. The highest BCUT2D eigenvalue weighted by Crippen LogP contribution is 2.04. The molecule has 1 amide bonds. The second-order valence-corrected chi connectivity index (χ2v) is 4.01. The fourth-order valence-corrected chi connectivity index (χ4v) is 1.40. The van der Waals surface area contributed by atoms with Crippen LogP contribution in [0.15, 0.2) is 24.3 Å². The van der Waals surface area contributed by atoms with Gasteiger partial charge in [-0.1, -0.05) is 31.5 Å². The number of carbonyl (C=O) groups is 3. The van der Waals surface area contributed by atoms with Gasteiger partial charge in [-0.15, -0.1) is 0 Å². The number of hydrogen-bond donors (Lipinski definition) is 2. The summed E-state index contributed by atoms with van der Waals surface area (Å²) in [5, 5.41) is 11.2. The molecule has 1 rings (SSSR count). The number of rotatable bonds is 5. The molecule has 1 atom stereocenters. The van der Waals surface area contributed by atoms with Crippen molar-refractivity contribution in [2.45, 2.75) is 33.2 Å². The van der Waals surface area contributed by atoms with Gasteiger partial charge in [-0.2, -0.15) is 0 Å². The Labute approximate surface area is 124 Å². The molecular weight excluding hydrogens is 274 g/mol. The zero-order valence-corrected chi connectivity index (χ0v) is 12.7. The van der Waals surface area contributed by atoms with Crippen LogP contribution in [0.25, 0.3) is 0 Å². The maximum Gasteiger partial charge on any atom is 0.326 e. The number of hydrogen-bond acceptors (Lipinski definition) is 4. The van der Waals surface area contributed by atoms with E-state index < -0.39 is 30.3 Å². The smallest absolute Gasteiger partial charge is 0.326 e. The van der Waals surface area contributed by atoms with E-state index >= 15 is 0 Å². The molecule has 0 aliphatic carbocycles. The van der Waals surface area contributed by atoms with Crippen LogP contribution in [0.3, 0.4) is 0 Å². The molecular formula is C15H21NO5. The lowest BCUT2D eigenvalue weighted by atomic mass is 10.1. The summed E-state index contributed by atoms with van der Waals surface area (Å²) in [5.74, 6) is -2.53. The van der Waals surface area contributed by atoms with Crippen LogP contribution in [-0.2, 0) is 14.3 Å². The van der Waals surface area contributed by atoms with E-state index in [-0.39, 0.29) is 0 Å². The van der Waals surface area contributed by atoms with Crippen molar-refractivity contribution in [2.24, 2.45) is 0 Å². The van der Waals surface area contributed by atoms with Crippen molar-refractivity contribution >= 4 is 17.8 Å². The molecule has 6 nitrogen and oxygen atoms in total. The van der Waals surface area contributed by atoms with Crippen LogP contribution >= 0.6 is 0 Å². The van der Waals surface area contributed by atoms with E-state index in [0.717, 1.165) is 12.7 Å². The number of ether oxygens (including phenoxy) is 1. The van der Waals surface area contributed by atoms with Crippen LogP contribution in [0, 0.1) is 6.92 Å². The first-order valence-corrected chi connectivity index (χ1v) is 6.61. The van der Waals surface area contributed by atoms with Crippen molar-refractivity contribution in [3.8, 4) is 0 Å². The third-order valence-electron chi connectivity index (χ3n) is 2.52. The SMILES string of the molecule is CC.COC(=O)CC(NC(=O)c1ccc(C)cc1)C(=O)O. The van der Waals surface area contributed by atoms with Crippen molar-refractivity contribution in [1.82, 2.24) is 5.32 Å². The predicted molar refractivity (Wildman–Crippen MR) is 78.1 cm³/mol. The van der Waals surface area contributed by atoms with Gasteiger partial charge in [0, 0.05) is 5.56 Å². The fraction of sp³-hybridized carbons (Fsp3) is 0.400. The van der Waals surface area contributed by atoms with Gasteiger partial charge in [0.1, 0.15) is 6.04 Å². The summed E-state index contributed by atoms with van der Waals surface area (Å²) in [6.45, 7) is 5.87. The van der Waals surface area contributed by atoms with Gasteiger partial charge in [-0.25, -0.2) is 4.79 Å². The summed E-state index contributed by atoms with van der Waals surface area (Å²) in [7, 11) is 1.16. The molecule has 0 aromatic heterocycles. The summed E-state index contributed by atoms with van der Waals surface area (Å²) < 4.78 is 4.38. The lowest BCUT2D eigenvalue weighted by Gasteiger charge is -2.13. The number of methoxy groups -OCH3 is 1. The Kier molecular flexibility index (Phi) is 8.45. The highest BCUT2D eigenvalue weighted by atomic mass is 16.5. The van der Waals surface area contributed by atoms with Crippen LogP contribution in [0.2, 0.25) is 0 Å². The second kappa shape index (κ2) is 9.52. The molecule has 1 aromatic carbocycles. The predicted octanol–water partition coefficient (Wildman–Crippen LogP) is 1.77. The Balaban J connectivity index is 0.00000191. The average molecular weight is 295 g/mol. The first-order valence-electron chi connectivity index (χ1n) is 6.61. The Morgan fingerprint density at radius 2 is 1.71 bits per heavy atom. The lowest BCUT2D eigenvalue weighted by molar-refractivity contribution is -0.147. The molecule has 0 saturated carbocycles. The van der Waals surface area contributed by atoms with E-state index in [1.807, 2.05) is 20.8 Å². The quantitative estimate of drug-likeness (QED) is 0.808. The van der Waals surface area contributed by atoms with Crippen molar-refractivity contribution < 1.29 is 24.2 Å². The Bertz CT molecular complexity index is 481. The highest BCUT2D eigenvalue weighted by molar-refractivity contribution is 5.97. The van der Waals surface area contributed by atoms with Crippen LogP contribution in [-0.4, -0.2) is 36.1 Å². The van der Waals surface area contributed by atoms with Gasteiger partial charge in [-0.05, 0) is 19.1 Å². The molecule has 2 N–H and O–H groups in total. The third kappa shape index (κ3) is 6.56. The van der Waals surface area contributed by atoms with E-state index in [1.54, 1.807) is 24.3 Å². The summed E-state index contributed by atoms with van der Waals surface area (Å²) >= 11 is 0. The van der Waals surface area contributed by atoms with Crippen LogP contribution in [0.5, 0.6) is 0 Å². The molecule has 0 radical (unpaired) electrons. The Morgan fingerprint density at radius 1 is 1.19 bits per heavy atom. The molecule has 0 aliphatic heterocycles. The van der Waals surface area contributed by atoms with Gasteiger partial charge < -0.3 is 15.2 Å². The Hall–Kier alpha value is -2.37. The van der Waals surface area contributed by atoms with Gasteiger partial charge in [0.25, 0.3) is 5.91 Å². The van der Waals surface area contributed by atoms with E-state index in [9.17, 15) is 14.4 Å². The highest BCUT2D eigenvalue weighted by Gasteiger charge is 2.24. The van der Waals surface area contributed by atoms with Crippen molar-refractivity contribution in [3.05, 3.63) is 35.4 Å². The molecule has 1 aromatic rings. The first-order chi connectivity index (χ1) is 9.93. The second-order valence-electron chi connectivity index (χ2n) is 4.01. The molecule has 116 valence electrons. The topological polar surface area (TPSA) is 92.7 Å². The van der Waals surface area contributed by atoms with E-state index in [2.05, 4.69) is 10.1 Å². The number of nitrogens with one attached hydrogen (secondary N) is 1. The number of benzene rings is 1. The first kappa shape index (κ1) is 18.6. The van der Waals surface area contributed by atoms with Crippen LogP contribution in [0.4, 0.5) is 0 Å². The zero-order valence-electron chi connectivity index (χ0n) is 12.7. The van der Waals surface area contributed by atoms with Gasteiger partial charge in [0.2, 0.25) is 0 Å². The standard InChI is InChI=1S/C13H15NO5.C2H6/c1-8-3-5-9(6-4-8)12(16)14-10(13(17)18)7-11(15)19-2;1-2/h3-6,10H,7H2,1-2H3,(H,14,16)(H,17,18);1-2H3. The van der Waals surface area contributed by atoms with Gasteiger partial charge >= 0.3 is 11.9 Å². The minimum Gasteiger partial charge on any atom is -0.480 e. The van der Waals surface area contributed by atoms with Crippen LogP contribution < -0.4 is 5.32 Å². The number of carbonyl (C=O) groups excluding carboxylic acids is 2. The van der Waals surface area contributed by atoms with Gasteiger partial charge in [0.15, 0.2) is 0 Å². The van der Waals surface area contributed by atoms with E-state index in [0.29, 0.717) is 5.56 Å². The maximum atomic E-state index is 11.8. The lowest BCUT2D eigenvalue weighted by Crippen LogP contribution is -2.42. The number of aryl methyl sites for hydroxylation is 1. The monoisotopic (exact) mass is 295 g/mol. The summed E-state index contributed by atoms with van der Waals surface area (Å²) in [5.41, 5.74) is 1.32. The van der Waals surface area contributed by atoms with E-state index in [4.69, 9.17) is 5.11 Å². The fourth-order valence-electron chi connectivity index (χ4n) is 1.40. The molecule has 0 fully saturated rings. The molecule has 0 bridgehead atoms. The molecule has 0 heterocycles. The van der Waals surface area contributed by atoms with Gasteiger partial charge in [0.05, 0.1) is 13.5 Å². The Morgan fingerprint density at radius 3 is 2.14 bits per heavy atom. The average Bonchev–Trinajstić information content (AvgIpc) is 2.48. The van der Waals surface area contributed by atoms with Crippen molar-refractivity contribution in [1.29, 1.82) is 0 Å². The minimum absolute atomic E-state index is 0.335. The van der Waals surface area contributed by atoms with Crippen molar-refractivity contribution in [3.63, 3.8) is 0 Å². The number of amides is 1. The molecule has 1 unspecified atom stereocenters. The molecule has 0 spiro atoms. The normalized spacial score (nSPS) is 10.7. The maximum absolute atomic E-state index is 11.8. The number of carboxylic acid groups (broad SMARTS) is 1. The summed E-state index contributed by atoms with van der Waals surface area (Å²) in [6, 6.07) is 5.35. The van der Waals surface area contributed by atoms with Crippen LogP contribution in [0.1, 0.15) is 36.2 Å². The molecule has 21 heavy (non-hydrogen) atoms. The van der Waals surface area contributed by atoms with Gasteiger partial charge in [-0.3, -0.25) is 9.59 Å². The minimum atomic E-state index is -1.30. The molecule has 0 aliphatic rings. The van der Waals surface area contributed by atoms with Crippen molar-refractivity contribution in [2.75, 3.05) is 7.11 Å². The zero-order chi connectivity index (χ0) is 16.4. The number of esters is 1. The number of carboxylic acids is 1. The molecule has 6 heteroatoms. The summed E-state index contributed by atoms with van der Waals surface area (Å²) in [6.07, 6.45) is -0.413. The largest absolute Gasteiger partial charge is 0.480 e. The van der Waals surface area contributed by atoms with E-state index in [1.165, 1.54) is 0 Å². The third-order valence-corrected chi connectivity index (χ3v) is 2.52. The molecule has 0 saturated heterocycles.